The fraction of sp³-hybridized carbons (Fsp3) is 0.667. The number of sulfone groups is 1. The van der Waals surface area contributed by atoms with Crippen molar-refractivity contribution in [3.8, 4) is 0 Å². The third-order valence-electron chi connectivity index (χ3n) is 2.47. The van der Waals surface area contributed by atoms with Gasteiger partial charge in [-0.05, 0) is 37.4 Å². The van der Waals surface area contributed by atoms with Crippen LogP contribution < -0.4 is 0 Å². The summed E-state index contributed by atoms with van der Waals surface area (Å²) >= 11 is 3.33. The van der Waals surface area contributed by atoms with Gasteiger partial charge in [-0.15, -0.1) is 0 Å². The van der Waals surface area contributed by atoms with Gasteiger partial charge in [-0.1, -0.05) is 0 Å². The van der Waals surface area contributed by atoms with Gasteiger partial charge in [0.25, 0.3) is 4.38 Å². The molecule has 2 aliphatic rings. The van der Waals surface area contributed by atoms with Crippen molar-refractivity contribution in [2.24, 2.45) is 0 Å². The molecule has 2 aliphatic heterocycles. The van der Waals surface area contributed by atoms with E-state index in [-0.39, 0.29) is 11.0 Å². The number of fused-ring (bicyclic) bond motifs is 1. The van der Waals surface area contributed by atoms with Crippen molar-refractivity contribution in [1.82, 2.24) is 0 Å². The smallest absolute Gasteiger partial charge is 0.224 e. The summed E-state index contributed by atoms with van der Waals surface area (Å²) in [6.07, 6.45) is 0. The lowest BCUT2D eigenvalue weighted by molar-refractivity contribution is -0.515. The van der Waals surface area contributed by atoms with Crippen LogP contribution in [-0.2, 0) is 9.84 Å². The van der Waals surface area contributed by atoms with E-state index in [1.165, 1.54) is 9.78 Å². The van der Waals surface area contributed by atoms with E-state index in [4.69, 9.17) is 0 Å². The van der Waals surface area contributed by atoms with Crippen molar-refractivity contribution in [3.63, 3.8) is 0 Å². The first kappa shape index (κ1) is 11.5. The van der Waals surface area contributed by atoms with Crippen LogP contribution in [0.5, 0.6) is 0 Å². The Morgan fingerprint density at radius 1 is 1.47 bits per heavy atom. The van der Waals surface area contributed by atoms with Crippen LogP contribution >= 0.6 is 23.5 Å². The van der Waals surface area contributed by atoms with Crippen molar-refractivity contribution in [2.75, 3.05) is 18.8 Å². The summed E-state index contributed by atoms with van der Waals surface area (Å²) < 4.78 is 26.2. The van der Waals surface area contributed by atoms with Crippen LogP contribution in [0.1, 0.15) is 13.8 Å². The monoisotopic (exact) mass is 264 g/mol. The molecule has 0 radical (unpaired) electrons. The van der Waals surface area contributed by atoms with Gasteiger partial charge in [-0.3, -0.25) is 0 Å². The van der Waals surface area contributed by atoms with Crippen LogP contribution in [-0.4, -0.2) is 41.5 Å². The molecule has 2 rings (SSSR count). The molecule has 0 amide bonds. The number of hydrogen-bond donors (Lipinski definition) is 0. The molecule has 3 nitrogen and oxygen atoms in total. The van der Waals surface area contributed by atoms with E-state index in [1.807, 2.05) is 0 Å². The lowest BCUT2D eigenvalue weighted by Crippen LogP contribution is -2.16. The largest absolute Gasteiger partial charge is 0.275 e. The Balaban J connectivity index is 2.26. The van der Waals surface area contributed by atoms with E-state index >= 15 is 0 Å². The fourth-order valence-electron chi connectivity index (χ4n) is 1.64. The molecule has 0 spiro atoms. The summed E-state index contributed by atoms with van der Waals surface area (Å²) in [5.41, 5.74) is 0. The molecule has 0 aromatic rings. The molecule has 2 heterocycles. The molecule has 6 heteroatoms. The van der Waals surface area contributed by atoms with Crippen LogP contribution in [0.4, 0.5) is 0 Å². The SMILES string of the molecule is CC[N+](CC)=C1SC2=CS(=O)(=O)C[C@@H]2S1. The molecule has 0 aromatic carbocycles. The van der Waals surface area contributed by atoms with Crippen LogP contribution in [0.25, 0.3) is 0 Å². The predicted molar refractivity (Wildman–Crippen MR) is 67.2 cm³/mol. The number of hydrogen-bond acceptors (Lipinski definition) is 4. The molecule has 15 heavy (non-hydrogen) atoms. The average Bonchev–Trinajstić information content (AvgIpc) is 2.60. The Morgan fingerprint density at radius 3 is 2.67 bits per heavy atom. The molecule has 1 saturated heterocycles. The fourth-order valence-corrected chi connectivity index (χ4v) is 7.28. The van der Waals surface area contributed by atoms with Crippen molar-refractivity contribution < 1.29 is 13.0 Å². The van der Waals surface area contributed by atoms with Crippen LogP contribution in [0, 0.1) is 0 Å². The first-order valence-electron chi connectivity index (χ1n) is 4.96. The Labute approximate surface area is 98.9 Å². The van der Waals surface area contributed by atoms with E-state index in [1.54, 1.807) is 23.5 Å². The van der Waals surface area contributed by atoms with Gasteiger partial charge in [0.2, 0.25) is 0 Å². The third-order valence-corrected chi connectivity index (χ3v) is 7.16. The molecular formula is C9H14NO2S3+. The van der Waals surface area contributed by atoms with Gasteiger partial charge in [0, 0.05) is 10.3 Å². The molecule has 0 bridgehead atoms. The Kier molecular flexibility index (Phi) is 3.19. The van der Waals surface area contributed by atoms with E-state index in [2.05, 4.69) is 18.4 Å². The van der Waals surface area contributed by atoms with E-state index < -0.39 is 9.84 Å². The third kappa shape index (κ3) is 2.26. The minimum atomic E-state index is -2.90. The van der Waals surface area contributed by atoms with Crippen LogP contribution in [0.2, 0.25) is 0 Å². The minimum absolute atomic E-state index is 0.163. The Bertz CT molecular complexity index is 430. The Morgan fingerprint density at radius 2 is 2.13 bits per heavy atom. The van der Waals surface area contributed by atoms with Gasteiger partial charge in [-0.2, -0.15) is 0 Å². The quantitative estimate of drug-likeness (QED) is 0.709. The van der Waals surface area contributed by atoms with Gasteiger partial charge in [0.15, 0.2) is 9.84 Å². The van der Waals surface area contributed by atoms with Gasteiger partial charge in [0.1, 0.15) is 13.1 Å². The summed E-state index contributed by atoms with van der Waals surface area (Å²) in [4.78, 5) is 1.02. The average molecular weight is 264 g/mol. The maximum Gasteiger partial charge on any atom is 0.275 e. The number of rotatable bonds is 2. The second-order valence-corrected chi connectivity index (χ2v) is 7.90. The van der Waals surface area contributed by atoms with Gasteiger partial charge < -0.3 is 0 Å². The van der Waals surface area contributed by atoms with E-state index in [0.29, 0.717) is 0 Å². The Hall–Kier alpha value is 0.0600. The highest BCUT2D eigenvalue weighted by atomic mass is 32.2. The number of nitrogens with zero attached hydrogens (tertiary/aromatic N) is 1. The molecule has 1 atom stereocenters. The zero-order valence-electron chi connectivity index (χ0n) is 8.76. The van der Waals surface area contributed by atoms with Crippen molar-refractivity contribution >= 4 is 37.7 Å². The van der Waals surface area contributed by atoms with Crippen LogP contribution in [0.3, 0.4) is 0 Å². The molecule has 0 saturated carbocycles. The second-order valence-electron chi connectivity index (χ2n) is 3.50. The lowest BCUT2D eigenvalue weighted by atomic mass is 10.5. The highest BCUT2D eigenvalue weighted by Crippen LogP contribution is 2.46. The van der Waals surface area contributed by atoms with Gasteiger partial charge >= 0.3 is 0 Å². The van der Waals surface area contributed by atoms with Gasteiger partial charge in [0.05, 0.1) is 11.0 Å². The van der Waals surface area contributed by atoms with E-state index in [0.717, 1.165) is 18.0 Å². The highest BCUT2D eigenvalue weighted by molar-refractivity contribution is 8.43. The van der Waals surface area contributed by atoms with Crippen molar-refractivity contribution in [2.45, 2.75) is 19.1 Å². The van der Waals surface area contributed by atoms with Crippen LogP contribution in [0.15, 0.2) is 10.3 Å². The second kappa shape index (κ2) is 4.14. The summed E-state index contributed by atoms with van der Waals surface area (Å²) in [7, 11) is -2.90. The van der Waals surface area contributed by atoms with Crippen molar-refractivity contribution in [1.29, 1.82) is 0 Å². The predicted octanol–water partition coefficient (Wildman–Crippen LogP) is 1.51. The zero-order valence-corrected chi connectivity index (χ0v) is 11.2. The number of thioether (sulfide) groups is 2. The lowest BCUT2D eigenvalue weighted by Gasteiger charge is -2.00. The molecule has 0 unspecified atom stereocenters. The standard InChI is InChI=1S/C9H14NO2S3/c1-3-10(4-2)9-13-7-5-15(11,12)6-8(7)14-9/h5,8H,3-4,6H2,1-2H3/q+1/t8-/m0/s1. The minimum Gasteiger partial charge on any atom is -0.224 e. The summed E-state index contributed by atoms with van der Waals surface area (Å²) in [5, 5.41) is 1.61. The molecule has 0 aliphatic carbocycles. The molecule has 0 N–H and O–H groups in total. The zero-order chi connectivity index (χ0) is 11.1. The molecular weight excluding hydrogens is 250 g/mol. The summed E-state index contributed by atoms with van der Waals surface area (Å²) in [5.74, 6) is 0.283. The highest BCUT2D eigenvalue weighted by Gasteiger charge is 2.41. The summed E-state index contributed by atoms with van der Waals surface area (Å²) in [6.45, 7) is 6.21. The van der Waals surface area contributed by atoms with Crippen molar-refractivity contribution in [3.05, 3.63) is 10.3 Å². The van der Waals surface area contributed by atoms with E-state index in [9.17, 15) is 8.42 Å². The molecule has 1 fully saturated rings. The maximum absolute atomic E-state index is 11.3. The topological polar surface area (TPSA) is 37.1 Å². The first-order valence-corrected chi connectivity index (χ1v) is 8.37. The normalized spacial score (nSPS) is 27.7. The molecule has 84 valence electrons. The molecule has 0 aromatic heterocycles. The summed E-state index contributed by atoms with van der Waals surface area (Å²) in [6, 6.07) is 0. The van der Waals surface area contributed by atoms with Gasteiger partial charge in [-0.25, -0.2) is 13.0 Å². The maximum atomic E-state index is 11.3. The first-order chi connectivity index (χ1) is 7.05.